The van der Waals surface area contributed by atoms with Gasteiger partial charge >= 0.3 is 12.1 Å². The standard InChI is InChI=1S/C11H12F3N3O3/c1-2-3-6(10(19)20)17-9(18)7-4-8(11(12,13)14)16-5-15-7/h4-6H,2-3H2,1H3,(H,17,18)(H,19,20). The van der Waals surface area contributed by atoms with Gasteiger partial charge in [-0.15, -0.1) is 0 Å². The summed E-state index contributed by atoms with van der Waals surface area (Å²) in [5.74, 6) is -2.25. The molecule has 1 aromatic heterocycles. The molecule has 6 nitrogen and oxygen atoms in total. The van der Waals surface area contributed by atoms with E-state index in [1.165, 1.54) is 0 Å². The number of rotatable bonds is 5. The van der Waals surface area contributed by atoms with Crippen molar-refractivity contribution < 1.29 is 27.9 Å². The molecule has 0 radical (unpaired) electrons. The van der Waals surface area contributed by atoms with Crippen LogP contribution in [0.2, 0.25) is 0 Å². The maximum atomic E-state index is 12.4. The van der Waals surface area contributed by atoms with Gasteiger partial charge in [-0.3, -0.25) is 4.79 Å². The molecule has 2 N–H and O–H groups in total. The SMILES string of the molecule is CCCC(NC(=O)c1cc(C(F)(F)F)ncn1)C(=O)O. The number of carboxylic acids is 1. The summed E-state index contributed by atoms with van der Waals surface area (Å²) in [6, 6.07) is -0.697. The van der Waals surface area contributed by atoms with E-state index >= 15 is 0 Å². The molecule has 0 spiro atoms. The van der Waals surface area contributed by atoms with E-state index in [1.807, 2.05) is 0 Å². The third-order valence-electron chi connectivity index (χ3n) is 2.37. The highest BCUT2D eigenvalue weighted by Crippen LogP contribution is 2.27. The van der Waals surface area contributed by atoms with Crippen LogP contribution in [0.1, 0.15) is 35.9 Å². The van der Waals surface area contributed by atoms with E-state index in [0.717, 1.165) is 0 Å². The van der Waals surface area contributed by atoms with Gasteiger partial charge in [0.15, 0.2) is 0 Å². The van der Waals surface area contributed by atoms with Gasteiger partial charge in [-0.2, -0.15) is 13.2 Å². The number of alkyl halides is 3. The van der Waals surface area contributed by atoms with Crippen LogP contribution in [-0.2, 0) is 11.0 Å². The van der Waals surface area contributed by atoms with Gasteiger partial charge in [-0.05, 0) is 6.42 Å². The molecule has 1 heterocycles. The van der Waals surface area contributed by atoms with Crippen molar-refractivity contribution in [3.8, 4) is 0 Å². The monoisotopic (exact) mass is 291 g/mol. The maximum Gasteiger partial charge on any atom is 0.433 e. The molecule has 1 aromatic rings. The summed E-state index contributed by atoms with van der Waals surface area (Å²) in [7, 11) is 0. The molecule has 1 unspecified atom stereocenters. The van der Waals surface area contributed by atoms with Crippen molar-refractivity contribution in [2.45, 2.75) is 32.0 Å². The number of halogens is 3. The van der Waals surface area contributed by atoms with Crippen LogP contribution in [0.4, 0.5) is 13.2 Å². The molecule has 0 bridgehead atoms. The Bertz CT molecular complexity index is 505. The lowest BCUT2D eigenvalue weighted by molar-refractivity contribution is -0.141. The summed E-state index contributed by atoms with van der Waals surface area (Å²) in [6.45, 7) is 1.72. The molecule has 9 heteroatoms. The Labute approximate surface area is 112 Å². The fourth-order valence-electron chi connectivity index (χ4n) is 1.41. The van der Waals surface area contributed by atoms with Crippen molar-refractivity contribution >= 4 is 11.9 Å². The smallest absolute Gasteiger partial charge is 0.433 e. The zero-order valence-electron chi connectivity index (χ0n) is 10.4. The van der Waals surface area contributed by atoms with Crippen molar-refractivity contribution in [1.29, 1.82) is 0 Å². The average Bonchev–Trinajstić information content (AvgIpc) is 2.37. The predicted molar refractivity (Wildman–Crippen MR) is 60.8 cm³/mol. The van der Waals surface area contributed by atoms with E-state index in [-0.39, 0.29) is 6.42 Å². The summed E-state index contributed by atoms with van der Waals surface area (Å²) < 4.78 is 37.3. The lowest BCUT2D eigenvalue weighted by Gasteiger charge is -2.13. The van der Waals surface area contributed by atoms with Gasteiger partial charge < -0.3 is 10.4 Å². The van der Waals surface area contributed by atoms with Gasteiger partial charge in [0.1, 0.15) is 23.8 Å². The molecule has 0 aliphatic heterocycles. The molecule has 1 atom stereocenters. The first-order valence-electron chi connectivity index (χ1n) is 5.68. The van der Waals surface area contributed by atoms with E-state index in [1.54, 1.807) is 6.92 Å². The second kappa shape index (κ2) is 6.31. The van der Waals surface area contributed by atoms with E-state index in [9.17, 15) is 22.8 Å². The van der Waals surface area contributed by atoms with Crippen LogP contribution < -0.4 is 5.32 Å². The van der Waals surface area contributed by atoms with E-state index in [4.69, 9.17) is 5.11 Å². The summed E-state index contributed by atoms with van der Waals surface area (Å²) >= 11 is 0. The molecular weight excluding hydrogens is 279 g/mol. The Hall–Kier alpha value is -2.19. The number of nitrogens with zero attached hydrogens (tertiary/aromatic N) is 2. The van der Waals surface area contributed by atoms with Gasteiger partial charge in [0, 0.05) is 6.07 Å². The average molecular weight is 291 g/mol. The van der Waals surface area contributed by atoms with E-state index in [0.29, 0.717) is 18.8 Å². The maximum absolute atomic E-state index is 12.4. The lowest BCUT2D eigenvalue weighted by atomic mass is 10.1. The quantitative estimate of drug-likeness (QED) is 0.857. The van der Waals surface area contributed by atoms with Crippen molar-refractivity contribution in [3.63, 3.8) is 0 Å². The number of carbonyl (C=O) groups is 2. The zero-order valence-corrected chi connectivity index (χ0v) is 10.4. The molecular formula is C11H12F3N3O3. The highest BCUT2D eigenvalue weighted by atomic mass is 19.4. The number of carbonyl (C=O) groups excluding carboxylic acids is 1. The molecule has 0 aromatic carbocycles. The first kappa shape index (κ1) is 15.9. The summed E-state index contributed by atoms with van der Waals surface area (Å²) in [5, 5.41) is 11.0. The van der Waals surface area contributed by atoms with Crippen LogP contribution >= 0.6 is 0 Å². The number of carboxylic acid groups (broad SMARTS) is 1. The van der Waals surface area contributed by atoms with Gasteiger partial charge in [-0.25, -0.2) is 14.8 Å². The first-order valence-corrected chi connectivity index (χ1v) is 5.68. The molecule has 110 valence electrons. The molecule has 1 amide bonds. The van der Waals surface area contributed by atoms with Crippen molar-refractivity contribution in [2.24, 2.45) is 0 Å². The second-order valence-corrected chi connectivity index (χ2v) is 3.94. The summed E-state index contributed by atoms with van der Waals surface area (Å²) in [4.78, 5) is 29.0. The van der Waals surface area contributed by atoms with Gasteiger partial charge in [0.05, 0.1) is 0 Å². The van der Waals surface area contributed by atoms with Crippen LogP contribution in [0.15, 0.2) is 12.4 Å². The Morgan fingerprint density at radius 3 is 2.55 bits per heavy atom. The largest absolute Gasteiger partial charge is 0.480 e. The fourth-order valence-corrected chi connectivity index (χ4v) is 1.41. The molecule has 0 saturated carbocycles. The number of aliphatic carboxylic acids is 1. The van der Waals surface area contributed by atoms with Crippen molar-refractivity contribution in [2.75, 3.05) is 0 Å². The normalized spacial score (nSPS) is 12.8. The second-order valence-electron chi connectivity index (χ2n) is 3.94. The third kappa shape index (κ3) is 4.18. The van der Waals surface area contributed by atoms with Crippen molar-refractivity contribution in [1.82, 2.24) is 15.3 Å². The van der Waals surface area contributed by atoms with Gasteiger partial charge in [0.2, 0.25) is 0 Å². The van der Waals surface area contributed by atoms with Crippen LogP contribution in [0, 0.1) is 0 Å². The third-order valence-corrected chi connectivity index (χ3v) is 2.37. The minimum Gasteiger partial charge on any atom is -0.480 e. The highest BCUT2D eigenvalue weighted by molar-refractivity contribution is 5.94. The minimum absolute atomic E-state index is 0.165. The van der Waals surface area contributed by atoms with Crippen LogP contribution in [-0.4, -0.2) is 33.0 Å². The fraction of sp³-hybridized carbons (Fsp3) is 0.455. The summed E-state index contributed by atoms with van der Waals surface area (Å²) in [5.41, 5.74) is -1.80. The van der Waals surface area contributed by atoms with Crippen LogP contribution in [0.5, 0.6) is 0 Å². The number of amides is 1. The highest BCUT2D eigenvalue weighted by Gasteiger charge is 2.33. The Balaban J connectivity index is 2.89. The molecule has 20 heavy (non-hydrogen) atoms. The molecule has 0 fully saturated rings. The molecule has 0 saturated heterocycles. The van der Waals surface area contributed by atoms with Crippen LogP contribution in [0.25, 0.3) is 0 Å². The zero-order chi connectivity index (χ0) is 15.3. The topological polar surface area (TPSA) is 92.2 Å². The Kier molecular flexibility index (Phi) is 5.00. The van der Waals surface area contributed by atoms with Crippen LogP contribution in [0.3, 0.4) is 0 Å². The summed E-state index contributed by atoms with van der Waals surface area (Å²) in [6.07, 6.45) is -3.44. The lowest BCUT2D eigenvalue weighted by Crippen LogP contribution is -2.41. The minimum atomic E-state index is -4.70. The van der Waals surface area contributed by atoms with Crippen molar-refractivity contribution in [3.05, 3.63) is 23.8 Å². The predicted octanol–water partition coefficient (Wildman–Crippen LogP) is 1.48. The number of nitrogens with one attached hydrogen (secondary N) is 1. The number of hydrogen-bond donors (Lipinski definition) is 2. The molecule has 1 rings (SSSR count). The molecule has 0 aliphatic carbocycles. The van der Waals surface area contributed by atoms with E-state index < -0.39 is 35.5 Å². The molecule has 0 aliphatic rings. The Morgan fingerprint density at radius 1 is 1.40 bits per heavy atom. The first-order chi connectivity index (χ1) is 9.25. The number of hydrogen-bond acceptors (Lipinski definition) is 4. The number of aromatic nitrogens is 2. The van der Waals surface area contributed by atoms with Gasteiger partial charge in [-0.1, -0.05) is 13.3 Å². The van der Waals surface area contributed by atoms with Gasteiger partial charge in [0.25, 0.3) is 5.91 Å². The Morgan fingerprint density at radius 2 is 2.05 bits per heavy atom. The van der Waals surface area contributed by atoms with E-state index in [2.05, 4.69) is 15.3 Å².